The molecule has 1 aromatic heterocycles. The molecule has 1 saturated carbocycles. The zero-order chi connectivity index (χ0) is 23.5. The van der Waals surface area contributed by atoms with Crippen molar-refractivity contribution in [3.8, 4) is 5.88 Å². The van der Waals surface area contributed by atoms with Gasteiger partial charge < -0.3 is 10.1 Å². The molecule has 1 aliphatic carbocycles. The summed E-state index contributed by atoms with van der Waals surface area (Å²) >= 11 is 0. The summed E-state index contributed by atoms with van der Waals surface area (Å²) in [5, 5.41) is 2.84. The van der Waals surface area contributed by atoms with Gasteiger partial charge in [-0.25, -0.2) is 13.4 Å². The number of pyridine rings is 1. The van der Waals surface area contributed by atoms with Crippen molar-refractivity contribution in [2.24, 2.45) is 5.92 Å². The Morgan fingerprint density at radius 2 is 1.88 bits per heavy atom. The molecule has 2 heterocycles. The molecular formula is C26H27N3O4S. The summed E-state index contributed by atoms with van der Waals surface area (Å²) in [7, 11) is -3.71. The van der Waals surface area contributed by atoms with Crippen LogP contribution in [-0.2, 0) is 29.5 Å². The van der Waals surface area contributed by atoms with Crippen LogP contribution in [0.1, 0.15) is 39.9 Å². The molecule has 7 nitrogen and oxygen atoms in total. The lowest BCUT2D eigenvalue weighted by atomic mass is 10.0. The van der Waals surface area contributed by atoms with Gasteiger partial charge in [0.05, 0.1) is 11.5 Å². The third-order valence-electron chi connectivity index (χ3n) is 6.24. The van der Waals surface area contributed by atoms with Crippen LogP contribution < -0.4 is 10.1 Å². The first kappa shape index (κ1) is 22.6. The van der Waals surface area contributed by atoms with Crippen molar-refractivity contribution in [3.63, 3.8) is 0 Å². The maximum Gasteiger partial charge on any atom is 0.251 e. The summed E-state index contributed by atoms with van der Waals surface area (Å²) in [6.07, 6.45) is 4.79. The molecular weight excluding hydrogens is 450 g/mol. The Morgan fingerprint density at radius 1 is 1.06 bits per heavy atom. The quantitative estimate of drug-likeness (QED) is 0.536. The molecule has 0 radical (unpaired) electrons. The third-order valence-corrected chi connectivity index (χ3v) is 8.09. The van der Waals surface area contributed by atoms with Gasteiger partial charge in [-0.1, -0.05) is 36.4 Å². The van der Waals surface area contributed by atoms with Gasteiger partial charge in [0.25, 0.3) is 5.91 Å². The van der Waals surface area contributed by atoms with E-state index in [9.17, 15) is 13.2 Å². The maximum atomic E-state index is 13.3. The van der Waals surface area contributed by atoms with Crippen LogP contribution in [0.3, 0.4) is 0 Å². The Bertz CT molecular complexity index is 1290. The molecule has 1 amide bonds. The number of sulfonamides is 1. The van der Waals surface area contributed by atoms with Crippen LogP contribution in [0.25, 0.3) is 0 Å². The molecule has 34 heavy (non-hydrogen) atoms. The molecule has 0 unspecified atom stereocenters. The van der Waals surface area contributed by atoms with Crippen LogP contribution >= 0.6 is 0 Å². The van der Waals surface area contributed by atoms with Gasteiger partial charge in [-0.15, -0.1) is 0 Å². The molecule has 1 aliphatic heterocycles. The number of hydrogen-bond acceptors (Lipinski definition) is 5. The van der Waals surface area contributed by atoms with Crippen molar-refractivity contribution in [1.29, 1.82) is 0 Å². The third kappa shape index (κ3) is 5.13. The van der Waals surface area contributed by atoms with Crippen molar-refractivity contribution in [2.45, 2.75) is 37.2 Å². The smallest absolute Gasteiger partial charge is 0.251 e. The molecule has 3 aromatic rings. The highest BCUT2D eigenvalue weighted by Gasteiger charge is 2.28. The Morgan fingerprint density at radius 3 is 2.65 bits per heavy atom. The van der Waals surface area contributed by atoms with E-state index in [4.69, 9.17) is 4.74 Å². The number of benzene rings is 2. The highest BCUT2D eigenvalue weighted by atomic mass is 32.2. The SMILES string of the molecule is O=C(NCc1ccc(OCC2CC2)nc1)c1cccc(S(=O)(=O)N2CCc3ccccc3C2)c1. The summed E-state index contributed by atoms with van der Waals surface area (Å²) in [4.78, 5) is 17.1. The van der Waals surface area contributed by atoms with Gasteiger partial charge in [-0.05, 0) is 60.1 Å². The average Bonchev–Trinajstić information content (AvgIpc) is 3.71. The van der Waals surface area contributed by atoms with Gasteiger partial charge in [0.2, 0.25) is 15.9 Å². The highest BCUT2D eigenvalue weighted by Crippen LogP contribution is 2.29. The van der Waals surface area contributed by atoms with E-state index in [1.54, 1.807) is 24.4 Å². The van der Waals surface area contributed by atoms with Crippen LogP contribution in [0.4, 0.5) is 0 Å². The Kier molecular flexibility index (Phi) is 6.34. The number of carbonyl (C=O) groups excluding carboxylic acids is 1. The fourth-order valence-electron chi connectivity index (χ4n) is 3.99. The molecule has 1 N–H and O–H groups in total. The van der Waals surface area contributed by atoms with Crippen molar-refractivity contribution in [1.82, 2.24) is 14.6 Å². The van der Waals surface area contributed by atoms with Gasteiger partial charge in [0.15, 0.2) is 0 Å². The highest BCUT2D eigenvalue weighted by molar-refractivity contribution is 7.89. The van der Waals surface area contributed by atoms with Gasteiger partial charge in [-0.2, -0.15) is 4.31 Å². The largest absolute Gasteiger partial charge is 0.477 e. The molecule has 0 atom stereocenters. The Hall–Kier alpha value is -3.23. The van der Waals surface area contributed by atoms with Crippen molar-refractivity contribution < 1.29 is 17.9 Å². The van der Waals surface area contributed by atoms with E-state index >= 15 is 0 Å². The molecule has 2 aliphatic rings. The standard InChI is InChI=1S/C26H27N3O4S/c30-26(28-16-20-10-11-25(27-15-20)33-18-19-8-9-19)22-6-3-7-24(14-22)34(31,32)29-13-12-21-4-1-2-5-23(21)17-29/h1-7,10-11,14-15,19H,8-9,12-13,16-18H2,(H,28,30). The monoisotopic (exact) mass is 477 g/mol. The number of ether oxygens (including phenoxy) is 1. The fourth-order valence-corrected chi connectivity index (χ4v) is 5.46. The lowest BCUT2D eigenvalue weighted by molar-refractivity contribution is 0.0950. The lowest BCUT2D eigenvalue weighted by Gasteiger charge is -2.28. The van der Waals surface area contributed by atoms with Gasteiger partial charge in [-0.3, -0.25) is 4.79 Å². The van der Waals surface area contributed by atoms with Crippen molar-refractivity contribution in [2.75, 3.05) is 13.2 Å². The van der Waals surface area contributed by atoms with E-state index < -0.39 is 10.0 Å². The van der Waals surface area contributed by atoms with Crippen molar-refractivity contribution in [3.05, 3.63) is 89.1 Å². The van der Waals surface area contributed by atoms with Crippen molar-refractivity contribution >= 4 is 15.9 Å². The van der Waals surface area contributed by atoms with E-state index in [-0.39, 0.29) is 17.3 Å². The summed E-state index contributed by atoms with van der Waals surface area (Å²) in [6, 6.07) is 17.8. The average molecular weight is 478 g/mol. The van der Waals surface area contributed by atoms with Gasteiger partial charge in [0.1, 0.15) is 0 Å². The molecule has 1 fully saturated rings. The minimum absolute atomic E-state index is 0.123. The molecule has 2 aromatic carbocycles. The first-order valence-corrected chi connectivity index (χ1v) is 13.0. The number of nitrogens with zero attached hydrogens (tertiary/aromatic N) is 2. The number of amides is 1. The fraction of sp³-hybridized carbons (Fsp3) is 0.308. The summed E-state index contributed by atoms with van der Waals surface area (Å²) < 4.78 is 33.6. The number of rotatable bonds is 8. The number of fused-ring (bicyclic) bond motifs is 1. The zero-order valence-electron chi connectivity index (χ0n) is 18.8. The minimum atomic E-state index is -3.71. The molecule has 0 saturated heterocycles. The first-order chi connectivity index (χ1) is 16.5. The van der Waals surface area contributed by atoms with Gasteiger partial charge >= 0.3 is 0 Å². The topological polar surface area (TPSA) is 88.6 Å². The maximum absolute atomic E-state index is 13.3. The predicted octanol–water partition coefficient (Wildman–Crippen LogP) is 3.55. The zero-order valence-corrected chi connectivity index (χ0v) is 19.6. The van der Waals surface area contributed by atoms with E-state index in [0.717, 1.165) is 11.1 Å². The van der Waals surface area contributed by atoms with Crippen LogP contribution in [-0.4, -0.2) is 36.8 Å². The molecule has 8 heteroatoms. The lowest BCUT2D eigenvalue weighted by Crippen LogP contribution is -2.36. The minimum Gasteiger partial charge on any atom is -0.477 e. The number of carbonyl (C=O) groups is 1. The van der Waals surface area contributed by atoms with E-state index in [0.29, 0.717) is 43.5 Å². The second-order valence-electron chi connectivity index (χ2n) is 8.83. The predicted molar refractivity (Wildman–Crippen MR) is 128 cm³/mol. The second kappa shape index (κ2) is 9.56. The van der Waals surface area contributed by atoms with Crippen LogP contribution in [0.15, 0.2) is 71.8 Å². The van der Waals surface area contributed by atoms with E-state index in [1.807, 2.05) is 30.3 Å². The first-order valence-electron chi connectivity index (χ1n) is 11.5. The van der Waals surface area contributed by atoms with Crippen LogP contribution in [0.5, 0.6) is 5.88 Å². The Balaban J connectivity index is 1.22. The summed E-state index contributed by atoms with van der Waals surface area (Å²) in [5.74, 6) is 0.904. The molecule has 0 spiro atoms. The van der Waals surface area contributed by atoms with E-state index in [1.165, 1.54) is 34.8 Å². The molecule has 0 bridgehead atoms. The number of hydrogen-bond donors (Lipinski definition) is 1. The molecule has 176 valence electrons. The van der Waals surface area contributed by atoms with Crippen LogP contribution in [0.2, 0.25) is 0 Å². The summed E-state index contributed by atoms with van der Waals surface area (Å²) in [6.45, 7) is 1.74. The van der Waals surface area contributed by atoms with Gasteiger partial charge in [0, 0.05) is 37.5 Å². The summed E-state index contributed by atoms with van der Waals surface area (Å²) in [5.41, 5.74) is 3.33. The van der Waals surface area contributed by atoms with E-state index in [2.05, 4.69) is 10.3 Å². The number of nitrogens with one attached hydrogen (secondary N) is 1. The normalized spacial score (nSPS) is 16.0. The Labute approximate surface area is 199 Å². The number of aromatic nitrogens is 1. The second-order valence-corrected chi connectivity index (χ2v) is 10.8. The van der Waals surface area contributed by atoms with Crippen LogP contribution in [0, 0.1) is 5.92 Å². The molecule has 5 rings (SSSR count).